The topological polar surface area (TPSA) is 74.7 Å². The quantitative estimate of drug-likeness (QED) is 0.872. The SMILES string of the molecule is Cc1cccc(C[C@H](C(=O)O)N(C)S(=O)(=O)c2ccccc2)c1C. The summed E-state index contributed by atoms with van der Waals surface area (Å²) >= 11 is 0. The molecule has 1 N–H and O–H groups in total. The van der Waals surface area contributed by atoms with Crippen molar-refractivity contribution in [2.24, 2.45) is 0 Å². The number of nitrogens with zero attached hydrogens (tertiary/aromatic N) is 1. The van der Waals surface area contributed by atoms with Crippen molar-refractivity contribution in [2.75, 3.05) is 7.05 Å². The van der Waals surface area contributed by atoms with Crippen LogP contribution >= 0.6 is 0 Å². The van der Waals surface area contributed by atoms with E-state index in [0.29, 0.717) is 0 Å². The molecule has 0 heterocycles. The van der Waals surface area contributed by atoms with Crippen molar-refractivity contribution in [2.45, 2.75) is 31.2 Å². The Kier molecular flexibility index (Phi) is 5.41. The summed E-state index contributed by atoms with van der Waals surface area (Å²) in [6.45, 7) is 3.86. The van der Waals surface area contributed by atoms with E-state index in [1.807, 2.05) is 32.0 Å². The van der Waals surface area contributed by atoms with Crippen LogP contribution in [0.2, 0.25) is 0 Å². The van der Waals surface area contributed by atoms with Gasteiger partial charge < -0.3 is 5.11 Å². The molecule has 0 bridgehead atoms. The Hall–Kier alpha value is -2.18. The third-order valence-corrected chi connectivity index (χ3v) is 6.15. The van der Waals surface area contributed by atoms with Crippen molar-refractivity contribution in [1.82, 2.24) is 4.31 Å². The van der Waals surface area contributed by atoms with E-state index >= 15 is 0 Å². The van der Waals surface area contributed by atoms with Gasteiger partial charge in [-0.3, -0.25) is 4.79 Å². The third kappa shape index (κ3) is 3.66. The molecule has 0 radical (unpaired) electrons. The minimum atomic E-state index is -3.87. The highest BCUT2D eigenvalue weighted by Crippen LogP contribution is 2.21. The number of carbonyl (C=O) groups is 1. The fourth-order valence-electron chi connectivity index (χ4n) is 2.54. The Morgan fingerprint density at radius 2 is 1.71 bits per heavy atom. The van der Waals surface area contributed by atoms with Crippen LogP contribution in [0.3, 0.4) is 0 Å². The molecule has 0 unspecified atom stereocenters. The predicted molar refractivity (Wildman–Crippen MR) is 92.4 cm³/mol. The van der Waals surface area contributed by atoms with Gasteiger partial charge in [0.2, 0.25) is 10.0 Å². The molecule has 0 amide bonds. The highest BCUT2D eigenvalue weighted by atomic mass is 32.2. The largest absolute Gasteiger partial charge is 0.480 e. The van der Waals surface area contributed by atoms with E-state index in [2.05, 4.69) is 0 Å². The Labute approximate surface area is 142 Å². The van der Waals surface area contributed by atoms with Crippen LogP contribution in [0.25, 0.3) is 0 Å². The van der Waals surface area contributed by atoms with Crippen molar-refractivity contribution in [3.63, 3.8) is 0 Å². The second-order valence-corrected chi connectivity index (χ2v) is 7.75. The van der Waals surface area contributed by atoms with E-state index in [4.69, 9.17) is 0 Å². The Balaban J connectivity index is 2.37. The van der Waals surface area contributed by atoms with Gasteiger partial charge in [0.15, 0.2) is 0 Å². The molecule has 0 aliphatic heterocycles. The average Bonchev–Trinajstić information content (AvgIpc) is 2.56. The van der Waals surface area contributed by atoms with Crippen LogP contribution in [-0.4, -0.2) is 36.9 Å². The highest BCUT2D eigenvalue weighted by molar-refractivity contribution is 7.89. The molecular weight excluding hydrogens is 326 g/mol. The van der Waals surface area contributed by atoms with Crippen molar-refractivity contribution < 1.29 is 18.3 Å². The predicted octanol–water partition coefficient (Wildman–Crippen LogP) is 2.62. The van der Waals surface area contributed by atoms with Crippen LogP contribution in [0.5, 0.6) is 0 Å². The zero-order valence-corrected chi connectivity index (χ0v) is 14.7. The van der Waals surface area contributed by atoms with Gasteiger partial charge >= 0.3 is 5.97 Å². The number of carboxylic acid groups (broad SMARTS) is 1. The summed E-state index contributed by atoms with van der Waals surface area (Å²) in [6, 6.07) is 12.3. The van der Waals surface area contributed by atoms with Crippen LogP contribution in [0, 0.1) is 13.8 Å². The zero-order chi connectivity index (χ0) is 17.9. The molecule has 0 aliphatic rings. The van der Waals surface area contributed by atoms with E-state index in [0.717, 1.165) is 21.0 Å². The van der Waals surface area contributed by atoms with Gasteiger partial charge in [-0.2, -0.15) is 4.31 Å². The summed E-state index contributed by atoms with van der Waals surface area (Å²) in [6.07, 6.45) is 0.116. The maximum atomic E-state index is 12.7. The minimum Gasteiger partial charge on any atom is -0.480 e. The molecule has 2 aromatic carbocycles. The molecule has 24 heavy (non-hydrogen) atoms. The molecule has 1 atom stereocenters. The Morgan fingerprint density at radius 3 is 2.29 bits per heavy atom. The lowest BCUT2D eigenvalue weighted by molar-refractivity contribution is -0.141. The van der Waals surface area contributed by atoms with E-state index in [1.54, 1.807) is 18.2 Å². The molecule has 2 rings (SSSR count). The van der Waals surface area contributed by atoms with Crippen molar-refractivity contribution in [3.8, 4) is 0 Å². The molecule has 5 nitrogen and oxygen atoms in total. The lowest BCUT2D eigenvalue weighted by Gasteiger charge is -2.25. The van der Waals surface area contributed by atoms with Gasteiger partial charge in [0.25, 0.3) is 0 Å². The van der Waals surface area contributed by atoms with Crippen LogP contribution in [0.1, 0.15) is 16.7 Å². The summed E-state index contributed by atoms with van der Waals surface area (Å²) in [7, 11) is -2.56. The highest BCUT2D eigenvalue weighted by Gasteiger charge is 2.33. The van der Waals surface area contributed by atoms with Gasteiger partial charge in [-0.1, -0.05) is 36.4 Å². The normalized spacial score (nSPS) is 13.0. The average molecular weight is 347 g/mol. The monoisotopic (exact) mass is 347 g/mol. The second kappa shape index (κ2) is 7.15. The van der Waals surface area contributed by atoms with E-state index in [-0.39, 0.29) is 11.3 Å². The number of rotatable bonds is 6. The number of likely N-dealkylation sites (N-methyl/N-ethyl adjacent to an activating group) is 1. The van der Waals surface area contributed by atoms with Gasteiger partial charge in [-0.05, 0) is 49.1 Å². The third-order valence-electron chi connectivity index (χ3n) is 4.27. The molecule has 0 saturated heterocycles. The van der Waals surface area contributed by atoms with Crippen LogP contribution in [0.4, 0.5) is 0 Å². The molecule has 0 aliphatic carbocycles. The number of benzene rings is 2. The molecule has 2 aromatic rings. The number of aliphatic carboxylic acids is 1. The number of carboxylic acids is 1. The number of sulfonamides is 1. The van der Waals surface area contributed by atoms with E-state index < -0.39 is 22.0 Å². The van der Waals surface area contributed by atoms with Crippen LogP contribution < -0.4 is 0 Å². The second-order valence-electron chi connectivity index (χ2n) is 5.75. The number of aryl methyl sites for hydroxylation is 1. The fourth-order valence-corrected chi connectivity index (χ4v) is 3.87. The van der Waals surface area contributed by atoms with Gasteiger partial charge in [0.05, 0.1) is 4.90 Å². The summed E-state index contributed by atoms with van der Waals surface area (Å²) in [4.78, 5) is 11.8. The van der Waals surface area contributed by atoms with Crippen LogP contribution in [-0.2, 0) is 21.2 Å². The summed E-state index contributed by atoms with van der Waals surface area (Å²) in [5.41, 5.74) is 2.86. The van der Waals surface area contributed by atoms with Gasteiger partial charge in [-0.15, -0.1) is 0 Å². The van der Waals surface area contributed by atoms with Crippen molar-refractivity contribution in [1.29, 1.82) is 0 Å². The van der Waals surface area contributed by atoms with Crippen LogP contribution in [0.15, 0.2) is 53.4 Å². The zero-order valence-electron chi connectivity index (χ0n) is 13.9. The summed E-state index contributed by atoms with van der Waals surface area (Å²) in [5.74, 6) is -1.17. The molecule has 0 saturated carbocycles. The minimum absolute atomic E-state index is 0.0831. The molecule has 128 valence electrons. The number of hydrogen-bond donors (Lipinski definition) is 1. The first kappa shape index (κ1) is 18.2. The number of hydrogen-bond acceptors (Lipinski definition) is 3. The molecule has 6 heteroatoms. The van der Waals surface area contributed by atoms with E-state index in [1.165, 1.54) is 19.2 Å². The van der Waals surface area contributed by atoms with Gasteiger partial charge in [0.1, 0.15) is 6.04 Å². The van der Waals surface area contributed by atoms with E-state index in [9.17, 15) is 18.3 Å². The van der Waals surface area contributed by atoms with Crippen molar-refractivity contribution in [3.05, 3.63) is 65.2 Å². The van der Waals surface area contributed by atoms with Crippen molar-refractivity contribution >= 4 is 16.0 Å². The first-order valence-corrected chi connectivity index (χ1v) is 9.00. The molecular formula is C18H21NO4S. The summed E-state index contributed by atoms with van der Waals surface area (Å²) < 4.78 is 26.3. The smallest absolute Gasteiger partial charge is 0.322 e. The Morgan fingerprint density at radius 1 is 1.08 bits per heavy atom. The standard InChI is InChI=1S/C18H21NO4S/c1-13-8-7-9-15(14(13)2)12-17(18(20)21)19(3)24(22,23)16-10-5-4-6-11-16/h4-11,17H,12H2,1-3H3,(H,20,21)/t17-/m1/s1. The fraction of sp³-hybridized carbons (Fsp3) is 0.278. The molecule has 0 aromatic heterocycles. The Bertz CT molecular complexity index is 831. The molecule has 0 spiro atoms. The first-order chi connectivity index (χ1) is 11.2. The maximum absolute atomic E-state index is 12.7. The summed E-state index contributed by atoms with van der Waals surface area (Å²) in [5, 5.41) is 9.57. The lowest BCUT2D eigenvalue weighted by Crippen LogP contribution is -2.43. The first-order valence-electron chi connectivity index (χ1n) is 7.56. The van der Waals surface area contributed by atoms with Gasteiger partial charge in [-0.25, -0.2) is 8.42 Å². The lowest BCUT2D eigenvalue weighted by atomic mass is 9.98. The molecule has 0 fully saturated rings. The van der Waals surface area contributed by atoms with Gasteiger partial charge in [0, 0.05) is 7.05 Å². The maximum Gasteiger partial charge on any atom is 0.322 e.